The molecular formula is C14H13BrN2O3. The van der Waals surface area contributed by atoms with E-state index in [-0.39, 0.29) is 18.4 Å². The third-order valence-corrected chi connectivity index (χ3v) is 3.03. The Morgan fingerprint density at radius 2 is 2.00 bits per heavy atom. The van der Waals surface area contributed by atoms with Gasteiger partial charge in [-0.2, -0.15) is 0 Å². The normalized spacial score (nSPS) is 10.1. The van der Waals surface area contributed by atoms with Crippen molar-refractivity contribution in [3.05, 3.63) is 58.5 Å². The smallest absolute Gasteiger partial charge is 0.251 e. The minimum Gasteiger partial charge on any atom is -0.467 e. The van der Waals surface area contributed by atoms with E-state index < -0.39 is 0 Å². The molecule has 0 saturated carbocycles. The van der Waals surface area contributed by atoms with Crippen LogP contribution in [0.3, 0.4) is 0 Å². The van der Waals surface area contributed by atoms with E-state index in [4.69, 9.17) is 4.42 Å². The van der Waals surface area contributed by atoms with Crippen LogP contribution in [0.1, 0.15) is 16.1 Å². The number of carbonyl (C=O) groups is 2. The van der Waals surface area contributed by atoms with Crippen molar-refractivity contribution >= 4 is 27.7 Å². The molecule has 0 radical (unpaired) electrons. The summed E-state index contributed by atoms with van der Waals surface area (Å²) in [5, 5.41) is 5.20. The van der Waals surface area contributed by atoms with E-state index in [9.17, 15) is 9.59 Å². The van der Waals surface area contributed by atoms with Crippen LogP contribution in [0.2, 0.25) is 0 Å². The largest absolute Gasteiger partial charge is 0.467 e. The fourth-order valence-electron chi connectivity index (χ4n) is 1.55. The summed E-state index contributed by atoms with van der Waals surface area (Å²) in [6.45, 7) is 0.227. The molecule has 0 aliphatic heterocycles. The van der Waals surface area contributed by atoms with Crippen molar-refractivity contribution in [1.29, 1.82) is 0 Å². The summed E-state index contributed by atoms with van der Waals surface area (Å²) in [5.41, 5.74) is 0.498. The van der Waals surface area contributed by atoms with E-state index >= 15 is 0 Å². The molecular weight excluding hydrogens is 324 g/mol. The first kappa shape index (κ1) is 14.3. The lowest BCUT2D eigenvalue weighted by Crippen LogP contribution is -2.36. The van der Waals surface area contributed by atoms with Gasteiger partial charge in [0.1, 0.15) is 5.76 Å². The number of hydrogen-bond donors (Lipinski definition) is 2. The summed E-state index contributed by atoms with van der Waals surface area (Å²) in [4.78, 5) is 23.4. The Bertz CT molecular complexity index is 596. The van der Waals surface area contributed by atoms with Gasteiger partial charge >= 0.3 is 0 Å². The van der Waals surface area contributed by atoms with Gasteiger partial charge in [-0.05, 0) is 30.3 Å². The summed E-state index contributed by atoms with van der Waals surface area (Å²) in [6, 6.07) is 10.5. The Kier molecular flexibility index (Phi) is 4.95. The number of furan rings is 1. The molecule has 0 fully saturated rings. The predicted octanol–water partition coefficient (Wildman–Crippen LogP) is 2.09. The first-order chi connectivity index (χ1) is 9.65. The quantitative estimate of drug-likeness (QED) is 0.878. The molecule has 20 heavy (non-hydrogen) atoms. The monoisotopic (exact) mass is 336 g/mol. The first-order valence-electron chi connectivity index (χ1n) is 5.98. The molecule has 0 aliphatic rings. The van der Waals surface area contributed by atoms with Crippen LogP contribution >= 0.6 is 15.9 Å². The standard InChI is InChI=1S/C14H13BrN2O3/c15-11-4-1-3-10(7-11)14(19)17-9-13(18)16-8-12-5-2-6-20-12/h1-7H,8-9H2,(H,16,18)(H,17,19). The number of nitrogens with one attached hydrogen (secondary N) is 2. The molecule has 0 unspecified atom stereocenters. The minimum absolute atomic E-state index is 0.0773. The topological polar surface area (TPSA) is 71.3 Å². The molecule has 2 amide bonds. The molecule has 2 aromatic rings. The Morgan fingerprint density at radius 3 is 2.70 bits per heavy atom. The average molecular weight is 337 g/mol. The van der Waals surface area contributed by atoms with Crippen LogP contribution in [0.5, 0.6) is 0 Å². The fraction of sp³-hybridized carbons (Fsp3) is 0.143. The van der Waals surface area contributed by atoms with Crippen LogP contribution in [0.15, 0.2) is 51.6 Å². The van der Waals surface area contributed by atoms with Crippen LogP contribution in [-0.4, -0.2) is 18.4 Å². The summed E-state index contributed by atoms with van der Waals surface area (Å²) < 4.78 is 5.90. The summed E-state index contributed by atoms with van der Waals surface area (Å²) in [7, 11) is 0. The van der Waals surface area contributed by atoms with Crippen molar-refractivity contribution in [1.82, 2.24) is 10.6 Å². The molecule has 1 aromatic heterocycles. The van der Waals surface area contributed by atoms with Gasteiger partial charge in [0.15, 0.2) is 0 Å². The van der Waals surface area contributed by atoms with E-state index in [2.05, 4.69) is 26.6 Å². The molecule has 104 valence electrons. The van der Waals surface area contributed by atoms with Gasteiger partial charge in [-0.1, -0.05) is 22.0 Å². The van der Waals surface area contributed by atoms with Gasteiger partial charge in [0.25, 0.3) is 5.91 Å². The Morgan fingerprint density at radius 1 is 1.15 bits per heavy atom. The summed E-state index contributed by atoms with van der Waals surface area (Å²) in [5.74, 6) is 0.0980. The van der Waals surface area contributed by atoms with Crippen molar-refractivity contribution in [2.24, 2.45) is 0 Å². The lowest BCUT2D eigenvalue weighted by atomic mass is 10.2. The van der Waals surface area contributed by atoms with Crippen LogP contribution in [0.4, 0.5) is 0 Å². The van der Waals surface area contributed by atoms with Crippen LogP contribution < -0.4 is 10.6 Å². The molecule has 1 heterocycles. The van der Waals surface area contributed by atoms with Gasteiger partial charge in [-0.15, -0.1) is 0 Å². The van der Waals surface area contributed by atoms with Gasteiger partial charge in [-0.3, -0.25) is 9.59 Å². The number of benzene rings is 1. The zero-order valence-corrected chi connectivity index (χ0v) is 12.1. The highest BCUT2D eigenvalue weighted by Crippen LogP contribution is 2.11. The van der Waals surface area contributed by atoms with Crippen molar-refractivity contribution in [2.75, 3.05) is 6.54 Å². The maximum absolute atomic E-state index is 11.8. The van der Waals surface area contributed by atoms with Gasteiger partial charge in [0.2, 0.25) is 5.91 Å². The second-order valence-corrected chi connectivity index (χ2v) is 4.96. The molecule has 2 rings (SSSR count). The van der Waals surface area contributed by atoms with E-state index in [1.165, 1.54) is 6.26 Å². The fourth-order valence-corrected chi connectivity index (χ4v) is 1.95. The highest BCUT2D eigenvalue weighted by Gasteiger charge is 2.08. The van der Waals surface area contributed by atoms with E-state index in [1.807, 2.05) is 6.07 Å². The minimum atomic E-state index is -0.292. The molecule has 0 atom stereocenters. The first-order valence-corrected chi connectivity index (χ1v) is 6.77. The van der Waals surface area contributed by atoms with Crippen molar-refractivity contribution in [3.8, 4) is 0 Å². The van der Waals surface area contributed by atoms with E-state index in [0.29, 0.717) is 17.9 Å². The summed E-state index contributed by atoms with van der Waals surface area (Å²) in [6.07, 6.45) is 1.54. The Labute approximate surface area is 124 Å². The van der Waals surface area contributed by atoms with Crippen molar-refractivity contribution in [2.45, 2.75) is 6.54 Å². The van der Waals surface area contributed by atoms with Gasteiger partial charge in [-0.25, -0.2) is 0 Å². The number of carbonyl (C=O) groups excluding carboxylic acids is 2. The second kappa shape index (κ2) is 6.91. The van der Waals surface area contributed by atoms with Gasteiger partial charge in [0, 0.05) is 10.0 Å². The zero-order valence-electron chi connectivity index (χ0n) is 10.6. The highest BCUT2D eigenvalue weighted by molar-refractivity contribution is 9.10. The van der Waals surface area contributed by atoms with E-state index in [1.54, 1.807) is 30.3 Å². The predicted molar refractivity (Wildman–Crippen MR) is 77.0 cm³/mol. The lowest BCUT2D eigenvalue weighted by molar-refractivity contribution is -0.120. The molecule has 6 heteroatoms. The Balaban J connectivity index is 1.77. The maximum atomic E-state index is 11.8. The molecule has 5 nitrogen and oxygen atoms in total. The Hall–Kier alpha value is -2.08. The van der Waals surface area contributed by atoms with Crippen LogP contribution in [0, 0.1) is 0 Å². The van der Waals surface area contributed by atoms with E-state index in [0.717, 1.165) is 4.47 Å². The summed E-state index contributed by atoms with van der Waals surface area (Å²) >= 11 is 3.29. The van der Waals surface area contributed by atoms with Crippen molar-refractivity contribution < 1.29 is 14.0 Å². The van der Waals surface area contributed by atoms with Gasteiger partial charge in [0.05, 0.1) is 19.4 Å². The number of halogens is 1. The van der Waals surface area contributed by atoms with Crippen LogP contribution in [-0.2, 0) is 11.3 Å². The molecule has 0 saturated heterocycles. The third kappa shape index (κ3) is 4.24. The highest BCUT2D eigenvalue weighted by atomic mass is 79.9. The molecule has 0 spiro atoms. The second-order valence-electron chi connectivity index (χ2n) is 4.05. The molecule has 0 bridgehead atoms. The molecule has 1 aromatic carbocycles. The number of amides is 2. The maximum Gasteiger partial charge on any atom is 0.251 e. The molecule has 0 aliphatic carbocycles. The number of hydrogen-bond acceptors (Lipinski definition) is 3. The SMILES string of the molecule is O=C(CNC(=O)c1cccc(Br)c1)NCc1ccco1. The third-order valence-electron chi connectivity index (χ3n) is 2.54. The number of rotatable bonds is 5. The van der Waals surface area contributed by atoms with Gasteiger partial charge < -0.3 is 15.1 Å². The zero-order chi connectivity index (χ0) is 14.4. The molecule has 2 N–H and O–H groups in total. The van der Waals surface area contributed by atoms with Crippen LogP contribution in [0.25, 0.3) is 0 Å². The van der Waals surface area contributed by atoms with Crippen molar-refractivity contribution in [3.63, 3.8) is 0 Å². The lowest BCUT2D eigenvalue weighted by Gasteiger charge is -2.06. The average Bonchev–Trinajstić information content (AvgIpc) is 2.95.